The van der Waals surface area contributed by atoms with Crippen molar-refractivity contribution in [3.8, 4) is 0 Å². The molecule has 1 aliphatic carbocycles. The zero-order valence-electron chi connectivity index (χ0n) is 11.6. The van der Waals surface area contributed by atoms with Gasteiger partial charge in [0.25, 0.3) is 0 Å². The molecule has 1 heterocycles. The quantitative estimate of drug-likeness (QED) is 0.800. The van der Waals surface area contributed by atoms with Crippen molar-refractivity contribution in [1.82, 2.24) is 10.2 Å². The summed E-state index contributed by atoms with van der Waals surface area (Å²) < 4.78 is 0. The minimum atomic E-state index is 0.0934. The highest BCUT2D eigenvalue weighted by atomic mass is 32.1. The summed E-state index contributed by atoms with van der Waals surface area (Å²) in [4.78, 5) is 15.4. The number of carbonyl (C=O) groups excluding carboxylic acids is 1. The molecular weight excluding hydrogens is 258 g/mol. The minimum absolute atomic E-state index is 0.0934. The number of carbonyl (C=O) groups is 1. The Morgan fingerprint density at radius 3 is 2.89 bits per heavy atom. The molecular formula is C14H23N3OS. The molecule has 0 saturated heterocycles. The Morgan fingerprint density at radius 2 is 2.37 bits per heavy atom. The number of nitrogens with zero attached hydrogens (tertiary/aromatic N) is 1. The summed E-state index contributed by atoms with van der Waals surface area (Å²) in [5.74, 6) is 0.128. The fraction of sp³-hybridized carbons (Fsp3) is 0.643. The van der Waals surface area contributed by atoms with Gasteiger partial charge in [-0.25, -0.2) is 0 Å². The first-order valence-electron chi connectivity index (χ1n) is 6.86. The Bertz CT molecular complexity index is 403. The monoisotopic (exact) mass is 281 g/mol. The molecule has 2 unspecified atom stereocenters. The average Bonchev–Trinajstić information content (AvgIpc) is 3.04. The van der Waals surface area contributed by atoms with Crippen LogP contribution in [-0.4, -0.2) is 36.5 Å². The van der Waals surface area contributed by atoms with E-state index in [2.05, 4.69) is 34.7 Å². The maximum Gasteiger partial charge on any atom is 0.221 e. The van der Waals surface area contributed by atoms with Crippen LogP contribution in [0, 0.1) is 0 Å². The van der Waals surface area contributed by atoms with Gasteiger partial charge in [-0.2, -0.15) is 0 Å². The van der Waals surface area contributed by atoms with E-state index >= 15 is 0 Å². The van der Waals surface area contributed by atoms with Gasteiger partial charge in [0, 0.05) is 36.0 Å². The normalized spacial score (nSPS) is 18.3. The van der Waals surface area contributed by atoms with Crippen molar-refractivity contribution in [3.05, 3.63) is 22.4 Å². The lowest BCUT2D eigenvalue weighted by Gasteiger charge is -2.31. The summed E-state index contributed by atoms with van der Waals surface area (Å²) in [6.07, 6.45) is 2.74. The van der Waals surface area contributed by atoms with Crippen molar-refractivity contribution in [2.75, 3.05) is 13.6 Å². The third-order valence-electron chi connectivity index (χ3n) is 3.78. The second kappa shape index (κ2) is 6.50. The highest BCUT2D eigenvalue weighted by Crippen LogP contribution is 2.26. The van der Waals surface area contributed by atoms with E-state index in [0.29, 0.717) is 25.0 Å². The van der Waals surface area contributed by atoms with Gasteiger partial charge in [0.05, 0.1) is 0 Å². The number of hydrogen-bond acceptors (Lipinski definition) is 4. The molecule has 0 spiro atoms. The summed E-state index contributed by atoms with van der Waals surface area (Å²) in [6.45, 7) is 2.66. The molecule has 1 aliphatic rings. The highest BCUT2D eigenvalue weighted by Gasteiger charge is 2.27. The average molecular weight is 281 g/mol. The summed E-state index contributed by atoms with van der Waals surface area (Å²) in [7, 11) is 2.05. The lowest BCUT2D eigenvalue weighted by Crippen LogP contribution is -2.43. The van der Waals surface area contributed by atoms with Crippen LogP contribution in [0.4, 0.5) is 0 Å². The van der Waals surface area contributed by atoms with Crippen molar-refractivity contribution in [2.45, 2.75) is 44.3 Å². The molecule has 3 N–H and O–H groups in total. The summed E-state index contributed by atoms with van der Waals surface area (Å²) in [6, 6.07) is 5.00. The molecule has 2 atom stereocenters. The first-order valence-corrected chi connectivity index (χ1v) is 7.74. The first kappa shape index (κ1) is 14.5. The van der Waals surface area contributed by atoms with E-state index in [-0.39, 0.29) is 11.9 Å². The molecule has 5 heteroatoms. The van der Waals surface area contributed by atoms with Crippen LogP contribution in [0.3, 0.4) is 0 Å². The van der Waals surface area contributed by atoms with Crippen molar-refractivity contribution in [1.29, 1.82) is 0 Å². The molecule has 0 aliphatic heterocycles. The lowest BCUT2D eigenvalue weighted by molar-refractivity contribution is -0.122. The standard InChI is InChI=1S/C14H23N3OS/c1-10(13-4-3-7-19-13)17(2)12(9-15)8-14(18)16-11-5-6-11/h3-4,7,10-12H,5-6,8-9,15H2,1-2H3,(H,16,18). The molecule has 1 aromatic heterocycles. The molecule has 0 bridgehead atoms. The van der Waals surface area contributed by atoms with Crippen molar-refractivity contribution in [2.24, 2.45) is 5.73 Å². The summed E-state index contributed by atoms with van der Waals surface area (Å²) in [5.41, 5.74) is 5.84. The zero-order chi connectivity index (χ0) is 13.8. The topological polar surface area (TPSA) is 58.4 Å². The van der Waals surface area contributed by atoms with Crippen molar-refractivity contribution >= 4 is 17.2 Å². The van der Waals surface area contributed by atoms with Crippen LogP contribution in [0.5, 0.6) is 0 Å². The van der Waals surface area contributed by atoms with E-state index in [1.165, 1.54) is 4.88 Å². The summed E-state index contributed by atoms with van der Waals surface area (Å²) >= 11 is 1.74. The van der Waals surface area contributed by atoms with Gasteiger partial charge in [-0.05, 0) is 38.3 Å². The second-order valence-electron chi connectivity index (χ2n) is 5.29. The maximum atomic E-state index is 11.9. The minimum Gasteiger partial charge on any atom is -0.353 e. The van der Waals surface area contributed by atoms with E-state index in [1.807, 2.05) is 7.05 Å². The fourth-order valence-corrected chi connectivity index (χ4v) is 3.00. The molecule has 4 nitrogen and oxygen atoms in total. The van der Waals surface area contributed by atoms with Gasteiger partial charge in [0.15, 0.2) is 0 Å². The fourth-order valence-electron chi connectivity index (χ4n) is 2.17. The highest BCUT2D eigenvalue weighted by molar-refractivity contribution is 7.10. The van der Waals surface area contributed by atoms with Crippen LogP contribution >= 0.6 is 11.3 Å². The first-order chi connectivity index (χ1) is 9.11. The van der Waals surface area contributed by atoms with Gasteiger partial charge in [-0.1, -0.05) is 6.07 Å². The molecule has 1 amide bonds. The van der Waals surface area contributed by atoms with Crippen molar-refractivity contribution < 1.29 is 4.79 Å². The molecule has 19 heavy (non-hydrogen) atoms. The van der Waals surface area contributed by atoms with Gasteiger partial charge in [-0.3, -0.25) is 9.69 Å². The largest absolute Gasteiger partial charge is 0.353 e. The van der Waals surface area contributed by atoms with Crippen LogP contribution in [0.15, 0.2) is 17.5 Å². The third-order valence-corrected chi connectivity index (χ3v) is 4.82. The second-order valence-corrected chi connectivity index (χ2v) is 6.27. The molecule has 1 aromatic rings. The molecule has 1 fully saturated rings. The number of hydrogen-bond donors (Lipinski definition) is 2. The Hall–Kier alpha value is -0.910. The number of likely N-dealkylation sites (N-methyl/N-ethyl adjacent to an activating group) is 1. The predicted octanol–water partition coefficient (Wildman–Crippen LogP) is 1.74. The van der Waals surface area contributed by atoms with Crippen molar-refractivity contribution in [3.63, 3.8) is 0 Å². The molecule has 2 rings (SSSR count). The van der Waals surface area contributed by atoms with Crippen LogP contribution in [0.25, 0.3) is 0 Å². The summed E-state index contributed by atoms with van der Waals surface area (Å²) in [5, 5.41) is 5.11. The molecule has 106 valence electrons. The number of amides is 1. The number of nitrogens with two attached hydrogens (primary N) is 1. The Kier molecular flexibility index (Phi) is 4.96. The van der Waals surface area contributed by atoms with E-state index in [0.717, 1.165) is 12.8 Å². The number of nitrogens with one attached hydrogen (secondary N) is 1. The predicted molar refractivity (Wildman–Crippen MR) is 79.1 cm³/mol. The van der Waals surface area contributed by atoms with E-state index < -0.39 is 0 Å². The van der Waals surface area contributed by atoms with Crippen LogP contribution in [0.1, 0.15) is 37.1 Å². The number of rotatable bonds is 7. The molecule has 1 saturated carbocycles. The maximum absolute atomic E-state index is 11.9. The molecule has 0 aromatic carbocycles. The Balaban J connectivity index is 1.89. The van der Waals surface area contributed by atoms with Crippen LogP contribution in [-0.2, 0) is 4.79 Å². The van der Waals surface area contributed by atoms with Crippen LogP contribution in [0.2, 0.25) is 0 Å². The lowest BCUT2D eigenvalue weighted by atomic mass is 10.1. The van der Waals surface area contributed by atoms with E-state index in [1.54, 1.807) is 11.3 Å². The van der Waals surface area contributed by atoms with Gasteiger partial charge >= 0.3 is 0 Å². The molecule has 0 radical (unpaired) electrons. The van der Waals surface area contributed by atoms with Crippen LogP contribution < -0.4 is 11.1 Å². The Morgan fingerprint density at radius 1 is 1.63 bits per heavy atom. The van der Waals surface area contributed by atoms with Gasteiger partial charge in [0.2, 0.25) is 5.91 Å². The van der Waals surface area contributed by atoms with Gasteiger partial charge in [0.1, 0.15) is 0 Å². The van der Waals surface area contributed by atoms with Gasteiger partial charge < -0.3 is 11.1 Å². The third kappa shape index (κ3) is 4.03. The Labute approximate surface area is 119 Å². The van der Waals surface area contributed by atoms with E-state index in [4.69, 9.17) is 5.73 Å². The van der Waals surface area contributed by atoms with E-state index in [9.17, 15) is 4.79 Å². The SMILES string of the molecule is CC(c1cccs1)N(C)C(CN)CC(=O)NC1CC1. The smallest absolute Gasteiger partial charge is 0.221 e. The van der Waals surface area contributed by atoms with Gasteiger partial charge in [-0.15, -0.1) is 11.3 Å². The number of thiophene rings is 1. The zero-order valence-corrected chi connectivity index (χ0v) is 12.5.